The summed E-state index contributed by atoms with van der Waals surface area (Å²) in [6.07, 6.45) is 0. The largest absolute Gasteiger partial charge is 0.508 e. The summed E-state index contributed by atoms with van der Waals surface area (Å²) in [5.41, 5.74) is 0. The zero-order chi connectivity index (χ0) is 9.83. The van der Waals surface area contributed by atoms with E-state index in [1.54, 1.807) is 0 Å². The van der Waals surface area contributed by atoms with E-state index in [-0.39, 0.29) is 6.61 Å². The fourth-order valence-corrected chi connectivity index (χ4v) is 1.69. The first-order chi connectivity index (χ1) is 5.27. The lowest BCUT2D eigenvalue weighted by Crippen LogP contribution is -1.95. The molecular formula is C2H8O8P2. The summed E-state index contributed by atoms with van der Waals surface area (Å²) >= 11 is 0. The Morgan fingerprint density at radius 3 is 2.08 bits per heavy atom. The predicted octanol–water partition coefficient (Wildman–Crippen LogP) is 0.164. The van der Waals surface area contributed by atoms with Crippen molar-refractivity contribution in [2.45, 2.75) is 6.92 Å². The van der Waals surface area contributed by atoms with Gasteiger partial charge in [0.25, 0.3) is 0 Å². The summed E-state index contributed by atoms with van der Waals surface area (Å²) in [7, 11) is -9.86. The van der Waals surface area contributed by atoms with Crippen molar-refractivity contribution in [1.82, 2.24) is 0 Å². The molecule has 0 aliphatic rings. The summed E-state index contributed by atoms with van der Waals surface area (Å²) in [6.45, 7) is 1.38. The third-order valence-electron chi connectivity index (χ3n) is 0.474. The van der Waals surface area contributed by atoms with E-state index in [1.165, 1.54) is 6.92 Å². The molecule has 0 rings (SSSR count). The third kappa shape index (κ3) is 6.90. The van der Waals surface area contributed by atoms with Gasteiger partial charge in [-0.3, -0.25) is 0 Å². The lowest BCUT2D eigenvalue weighted by molar-refractivity contribution is -0.216. The normalized spacial score (nSPS) is 17.3. The quantitative estimate of drug-likeness (QED) is 0.341. The van der Waals surface area contributed by atoms with Gasteiger partial charge in [-0.15, -0.1) is 4.67 Å². The van der Waals surface area contributed by atoms with Crippen LogP contribution in [0.25, 0.3) is 0 Å². The number of hydrogen-bond acceptors (Lipinski definition) is 5. The molecule has 1 unspecified atom stereocenters. The maximum atomic E-state index is 10.5. The molecule has 3 N–H and O–H groups in total. The molecule has 0 heterocycles. The lowest BCUT2D eigenvalue weighted by atomic mass is 10.9. The molecule has 0 aromatic heterocycles. The maximum Gasteiger partial charge on any atom is 0.508 e. The van der Waals surface area contributed by atoms with Gasteiger partial charge in [0.05, 0.1) is 6.61 Å². The van der Waals surface area contributed by atoms with Crippen LogP contribution in [0.4, 0.5) is 0 Å². The highest BCUT2D eigenvalue weighted by atomic mass is 31.3. The molecule has 8 nitrogen and oxygen atoms in total. The second-order valence-electron chi connectivity index (χ2n) is 1.52. The van der Waals surface area contributed by atoms with Crippen LogP contribution in [0.3, 0.4) is 0 Å². The van der Waals surface area contributed by atoms with Gasteiger partial charge in [-0.2, -0.15) is 4.31 Å². The van der Waals surface area contributed by atoms with Crippen molar-refractivity contribution in [3.05, 3.63) is 0 Å². The Morgan fingerprint density at radius 2 is 1.75 bits per heavy atom. The maximum absolute atomic E-state index is 10.5. The molecule has 1 atom stereocenters. The summed E-state index contributed by atoms with van der Waals surface area (Å²) in [5, 5.41) is 0. The van der Waals surface area contributed by atoms with Crippen molar-refractivity contribution in [1.29, 1.82) is 0 Å². The van der Waals surface area contributed by atoms with Gasteiger partial charge in [0.15, 0.2) is 0 Å². The Bertz CT molecular complexity index is 217. The van der Waals surface area contributed by atoms with Crippen molar-refractivity contribution >= 4 is 15.6 Å². The van der Waals surface area contributed by atoms with E-state index in [4.69, 9.17) is 14.7 Å². The highest BCUT2D eigenvalue weighted by Gasteiger charge is 2.33. The van der Waals surface area contributed by atoms with Crippen LogP contribution in [0.15, 0.2) is 0 Å². The predicted molar refractivity (Wildman–Crippen MR) is 35.7 cm³/mol. The summed E-state index contributed by atoms with van der Waals surface area (Å²) in [4.78, 5) is 28.6. The monoisotopic (exact) mass is 222 g/mol. The average molecular weight is 222 g/mol. The van der Waals surface area contributed by atoms with E-state index < -0.39 is 15.6 Å². The molecule has 0 saturated carbocycles. The topological polar surface area (TPSA) is 123 Å². The zero-order valence-corrected chi connectivity index (χ0v) is 7.77. The third-order valence-corrected chi connectivity index (χ3v) is 2.44. The van der Waals surface area contributed by atoms with Crippen LogP contribution in [0.2, 0.25) is 0 Å². The Kier molecular flexibility index (Phi) is 4.54. The second kappa shape index (κ2) is 4.45. The molecule has 0 spiro atoms. The molecule has 74 valence electrons. The highest BCUT2D eigenvalue weighted by molar-refractivity contribution is 7.60. The van der Waals surface area contributed by atoms with Gasteiger partial charge < -0.3 is 14.7 Å². The van der Waals surface area contributed by atoms with Crippen LogP contribution >= 0.6 is 15.6 Å². The van der Waals surface area contributed by atoms with Gasteiger partial charge in [0.2, 0.25) is 0 Å². The van der Waals surface area contributed by atoms with Crippen molar-refractivity contribution in [2.75, 3.05) is 6.61 Å². The van der Waals surface area contributed by atoms with E-state index in [1.807, 2.05) is 0 Å². The molecule has 0 amide bonds. The van der Waals surface area contributed by atoms with Gasteiger partial charge in [0.1, 0.15) is 0 Å². The average Bonchev–Trinajstić information content (AvgIpc) is 1.78. The van der Waals surface area contributed by atoms with Gasteiger partial charge in [0, 0.05) is 0 Å². The van der Waals surface area contributed by atoms with Gasteiger partial charge in [-0.1, -0.05) is 0 Å². The van der Waals surface area contributed by atoms with E-state index in [9.17, 15) is 9.13 Å². The lowest BCUT2D eigenvalue weighted by Gasteiger charge is -2.09. The Balaban J connectivity index is 4.05. The number of phosphoric acid groups is 2. The van der Waals surface area contributed by atoms with E-state index in [2.05, 4.69) is 13.9 Å². The molecule has 12 heavy (non-hydrogen) atoms. The molecule has 0 fully saturated rings. The summed E-state index contributed by atoms with van der Waals surface area (Å²) in [6, 6.07) is 0. The van der Waals surface area contributed by atoms with Crippen molar-refractivity contribution in [3.63, 3.8) is 0 Å². The molecule has 0 bridgehead atoms. The van der Waals surface area contributed by atoms with Gasteiger partial charge in [-0.25, -0.2) is 14.0 Å². The first-order valence-electron chi connectivity index (χ1n) is 2.68. The molecule has 0 radical (unpaired) electrons. The van der Waals surface area contributed by atoms with Crippen molar-refractivity contribution < 1.29 is 37.7 Å². The van der Waals surface area contributed by atoms with Crippen LogP contribution in [0.5, 0.6) is 0 Å². The molecular weight excluding hydrogens is 214 g/mol. The number of hydrogen-bond donors (Lipinski definition) is 3. The fourth-order valence-electron chi connectivity index (χ4n) is 0.267. The number of rotatable bonds is 5. The van der Waals surface area contributed by atoms with Gasteiger partial charge >= 0.3 is 15.6 Å². The van der Waals surface area contributed by atoms with Crippen LogP contribution in [-0.4, -0.2) is 21.3 Å². The standard InChI is InChI=1S/C2H8O8P2/c1-2-8-9-12(6,7)10-11(3,4)5/h2H2,1H3,(H,6,7)(H2,3,4,5). The van der Waals surface area contributed by atoms with Crippen LogP contribution in [0.1, 0.15) is 6.92 Å². The fraction of sp³-hybridized carbons (Fsp3) is 1.00. The highest BCUT2D eigenvalue weighted by Crippen LogP contribution is 2.57. The van der Waals surface area contributed by atoms with E-state index in [0.29, 0.717) is 0 Å². The minimum Gasteiger partial charge on any atom is -0.302 e. The minimum atomic E-state index is -5.05. The molecule has 0 saturated heterocycles. The Morgan fingerprint density at radius 1 is 1.25 bits per heavy atom. The molecule has 0 aromatic carbocycles. The Labute approximate surface area is 67.9 Å². The molecule has 0 aromatic rings. The first kappa shape index (κ1) is 12.2. The Hall–Kier alpha value is 0.220. The van der Waals surface area contributed by atoms with E-state index >= 15 is 0 Å². The van der Waals surface area contributed by atoms with Crippen LogP contribution in [-0.2, 0) is 23.0 Å². The SMILES string of the molecule is CCOOP(=O)(O)OP(=O)(O)O. The van der Waals surface area contributed by atoms with Crippen LogP contribution in [0, 0.1) is 0 Å². The molecule has 0 aliphatic heterocycles. The summed E-state index contributed by atoms with van der Waals surface area (Å²) in [5.74, 6) is 0. The smallest absolute Gasteiger partial charge is 0.302 e. The molecule has 0 aliphatic carbocycles. The minimum absolute atomic E-state index is 0.0604. The van der Waals surface area contributed by atoms with Crippen molar-refractivity contribution in [2.24, 2.45) is 0 Å². The molecule has 10 heteroatoms. The zero-order valence-electron chi connectivity index (χ0n) is 5.98. The van der Waals surface area contributed by atoms with Crippen LogP contribution < -0.4 is 0 Å². The first-order valence-corrected chi connectivity index (χ1v) is 5.70. The second-order valence-corrected chi connectivity index (χ2v) is 4.24. The van der Waals surface area contributed by atoms with Crippen molar-refractivity contribution in [3.8, 4) is 0 Å². The van der Waals surface area contributed by atoms with Gasteiger partial charge in [-0.05, 0) is 6.92 Å². The van der Waals surface area contributed by atoms with E-state index in [0.717, 1.165) is 0 Å². The summed E-state index contributed by atoms with van der Waals surface area (Å²) < 4.78 is 27.5.